The summed E-state index contributed by atoms with van der Waals surface area (Å²) < 4.78 is 5.63. The molecule has 2 N–H and O–H groups in total. The number of nitrogens with two attached hydrogens (primary N) is 1. The highest BCUT2D eigenvalue weighted by Crippen LogP contribution is 2.23. The van der Waals surface area contributed by atoms with Crippen molar-refractivity contribution in [2.75, 3.05) is 0 Å². The summed E-state index contributed by atoms with van der Waals surface area (Å²) in [5, 5.41) is 0. The molecule has 0 amide bonds. The zero-order valence-electron chi connectivity index (χ0n) is 11.5. The normalized spacial score (nSPS) is 12.5. The topological polar surface area (TPSA) is 61.0 Å². The van der Waals surface area contributed by atoms with Crippen molar-refractivity contribution in [2.24, 2.45) is 5.73 Å². The SMILES string of the molecule is Cc1cccnc1C(N)c1cncc(OC(C)C)c1. The predicted octanol–water partition coefficient (Wildman–Crippen LogP) is 2.62. The van der Waals surface area contributed by atoms with Gasteiger partial charge < -0.3 is 10.5 Å². The van der Waals surface area contributed by atoms with Gasteiger partial charge in [0.1, 0.15) is 5.75 Å². The summed E-state index contributed by atoms with van der Waals surface area (Å²) in [5.41, 5.74) is 9.10. The van der Waals surface area contributed by atoms with Crippen LogP contribution in [0.15, 0.2) is 36.8 Å². The van der Waals surface area contributed by atoms with Gasteiger partial charge >= 0.3 is 0 Å². The van der Waals surface area contributed by atoms with Crippen molar-refractivity contribution < 1.29 is 4.74 Å². The molecule has 0 aromatic carbocycles. The summed E-state index contributed by atoms with van der Waals surface area (Å²) in [6.07, 6.45) is 5.32. The van der Waals surface area contributed by atoms with Crippen LogP contribution in [-0.4, -0.2) is 16.1 Å². The van der Waals surface area contributed by atoms with Gasteiger partial charge in [-0.15, -0.1) is 0 Å². The van der Waals surface area contributed by atoms with Gasteiger partial charge in [-0.05, 0) is 44.0 Å². The number of nitrogens with zero attached hydrogens (tertiary/aromatic N) is 2. The first-order valence-electron chi connectivity index (χ1n) is 6.36. The average molecular weight is 257 g/mol. The van der Waals surface area contributed by atoms with Crippen LogP contribution in [0.25, 0.3) is 0 Å². The number of aryl methyl sites for hydroxylation is 1. The molecule has 0 spiro atoms. The van der Waals surface area contributed by atoms with Gasteiger partial charge in [0.25, 0.3) is 0 Å². The minimum absolute atomic E-state index is 0.116. The summed E-state index contributed by atoms with van der Waals surface area (Å²) in [7, 11) is 0. The van der Waals surface area contributed by atoms with Crippen LogP contribution in [-0.2, 0) is 0 Å². The van der Waals surface area contributed by atoms with Crippen LogP contribution < -0.4 is 10.5 Å². The molecule has 0 saturated carbocycles. The van der Waals surface area contributed by atoms with Gasteiger partial charge in [0.05, 0.1) is 24.0 Å². The van der Waals surface area contributed by atoms with Gasteiger partial charge in [0, 0.05) is 12.4 Å². The third-order valence-corrected chi connectivity index (χ3v) is 2.81. The molecular formula is C15H19N3O. The Kier molecular flexibility index (Phi) is 4.12. The molecule has 1 unspecified atom stereocenters. The number of aromatic nitrogens is 2. The van der Waals surface area contributed by atoms with Crippen molar-refractivity contribution in [1.82, 2.24) is 9.97 Å². The Morgan fingerprint density at radius 2 is 2.05 bits per heavy atom. The molecule has 100 valence electrons. The van der Waals surface area contributed by atoms with Crippen molar-refractivity contribution in [3.05, 3.63) is 53.6 Å². The third kappa shape index (κ3) is 3.29. The van der Waals surface area contributed by atoms with Crippen molar-refractivity contribution in [3.8, 4) is 5.75 Å². The Labute approximate surface area is 113 Å². The van der Waals surface area contributed by atoms with E-state index in [2.05, 4.69) is 9.97 Å². The molecule has 19 heavy (non-hydrogen) atoms. The second kappa shape index (κ2) is 5.80. The molecule has 2 aromatic rings. The predicted molar refractivity (Wildman–Crippen MR) is 75.0 cm³/mol. The highest BCUT2D eigenvalue weighted by Gasteiger charge is 2.14. The van der Waals surface area contributed by atoms with Gasteiger partial charge in [-0.2, -0.15) is 0 Å². The summed E-state index contributed by atoms with van der Waals surface area (Å²) in [4.78, 5) is 8.53. The zero-order chi connectivity index (χ0) is 13.8. The van der Waals surface area contributed by atoms with E-state index in [0.717, 1.165) is 22.6 Å². The van der Waals surface area contributed by atoms with Crippen LogP contribution >= 0.6 is 0 Å². The molecule has 0 saturated heterocycles. The summed E-state index contributed by atoms with van der Waals surface area (Å²) in [5.74, 6) is 0.733. The lowest BCUT2D eigenvalue weighted by molar-refractivity contribution is 0.241. The molecule has 0 aliphatic heterocycles. The fraction of sp³-hybridized carbons (Fsp3) is 0.333. The summed E-state index contributed by atoms with van der Waals surface area (Å²) >= 11 is 0. The standard InChI is InChI=1S/C15H19N3O/c1-10(2)19-13-7-12(8-17-9-13)14(16)15-11(3)5-4-6-18-15/h4-10,14H,16H2,1-3H3. The second-order valence-corrected chi connectivity index (χ2v) is 4.80. The minimum atomic E-state index is -0.288. The first-order valence-corrected chi connectivity index (χ1v) is 6.36. The smallest absolute Gasteiger partial charge is 0.138 e. The van der Waals surface area contributed by atoms with E-state index in [-0.39, 0.29) is 12.1 Å². The average Bonchev–Trinajstić information content (AvgIpc) is 2.38. The van der Waals surface area contributed by atoms with Crippen LogP contribution in [0.5, 0.6) is 5.75 Å². The molecule has 4 heteroatoms. The first-order chi connectivity index (χ1) is 9.08. The largest absolute Gasteiger partial charge is 0.489 e. The van der Waals surface area contributed by atoms with Crippen molar-refractivity contribution >= 4 is 0 Å². The molecule has 2 rings (SSSR count). The van der Waals surface area contributed by atoms with Crippen LogP contribution in [0.3, 0.4) is 0 Å². The second-order valence-electron chi connectivity index (χ2n) is 4.80. The quantitative estimate of drug-likeness (QED) is 0.914. The molecule has 0 aliphatic rings. The van der Waals surface area contributed by atoms with Crippen LogP contribution in [0.4, 0.5) is 0 Å². The van der Waals surface area contributed by atoms with Crippen LogP contribution in [0.1, 0.15) is 36.7 Å². The molecule has 1 atom stereocenters. The molecule has 0 fully saturated rings. The molecule has 2 aromatic heterocycles. The van der Waals surface area contributed by atoms with E-state index in [1.807, 2.05) is 39.0 Å². The highest BCUT2D eigenvalue weighted by atomic mass is 16.5. The maximum absolute atomic E-state index is 6.26. The fourth-order valence-corrected chi connectivity index (χ4v) is 1.92. The van der Waals surface area contributed by atoms with Gasteiger partial charge in [-0.3, -0.25) is 9.97 Å². The van der Waals surface area contributed by atoms with E-state index in [1.54, 1.807) is 18.6 Å². The van der Waals surface area contributed by atoms with E-state index < -0.39 is 0 Å². The number of hydrogen-bond acceptors (Lipinski definition) is 4. The lowest BCUT2D eigenvalue weighted by Gasteiger charge is -2.15. The molecule has 4 nitrogen and oxygen atoms in total. The van der Waals surface area contributed by atoms with Crippen molar-refractivity contribution in [1.29, 1.82) is 0 Å². The first kappa shape index (κ1) is 13.5. The summed E-state index contributed by atoms with van der Waals surface area (Å²) in [6.45, 7) is 5.97. The zero-order valence-corrected chi connectivity index (χ0v) is 11.5. The van der Waals surface area contributed by atoms with Crippen LogP contribution in [0.2, 0.25) is 0 Å². The maximum atomic E-state index is 6.26. The molecule has 0 aliphatic carbocycles. The van der Waals surface area contributed by atoms with E-state index in [0.29, 0.717) is 0 Å². The Morgan fingerprint density at radius 1 is 1.26 bits per heavy atom. The Bertz CT molecular complexity index is 555. The van der Waals surface area contributed by atoms with Gasteiger partial charge in [0.2, 0.25) is 0 Å². The minimum Gasteiger partial charge on any atom is -0.489 e. The third-order valence-electron chi connectivity index (χ3n) is 2.81. The van der Waals surface area contributed by atoms with E-state index >= 15 is 0 Å². The lowest BCUT2D eigenvalue weighted by atomic mass is 10.0. The molecule has 0 bridgehead atoms. The fourth-order valence-electron chi connectivity index (χ4n) is 1.92. The Balaban J connectivity index is 2.29. The lowest BCUT2D eigenvalue weighted by Crippen LogP contribution is -2.15. The highest BCUT2D eigenvalue weighted by molar-refractivity contribution is 5.33. The van der Waals surface area contributed by atoms with Crippen molar-refractivity contribution in [3.63, 3.8) is 0 Å². The van der Waals surface area contributed by atoms with Crippen molar-refractivity contribution in [2.45, 2.75) is 32.9 Å². The van der Waals surface area contributed by atoms with E-state index in [1.165, 1.54) is 0 Å². The Hall–Kier alpha value is -1.94. The maximum Gasteiger partial charge on any atom is 0.138 e. The molecule has 0 radical (unpaired) electrons. The van der Waals surface area contributed by atoms with Gasteiger partial charge in [-0.1, -0.05) is 6.07 Å². The number of pyridine rings is 2. The Morgan fingerprint density at radius 3 is 2.74 bits per heavy atom. The van der Waals surface area contributed by atoms with Gasteiger partial charge in [0.15, 0.2) is 0 Å². The number of rotatable bonds is 4. The van der Waals surface area contributed by atoms with Crippen LogP contribution in [0, 0.1) is 6.92 Å². The molecule has 2 heterocycles. The monoisotopic (exact) mass is 257 g/mol. The van der Waals surface area contributed by atoms with Gasteiger partial charge in [-0.25, -0.2) is 0 Å². The number of ether oxygens (including phenoxy) is 1. The molecular weight excluding hydrogens is 238 g/mol. The van der Waals surface area contributed by atoms with E-state index in [9.17, 15) is 0 Å². The van der Waals surface area contributed by atoms with E-state index in [4.69, 9.17) is 10.5 Å². The number of hydrogen-bond donors (Lipinski definition) is 1. The summed E-state index contributed by atoms with van der Waals surface area (Å²) in [6, 6.07) is 5.54.